The lowest BCUT2D eigenvalue weighted by molar-refractivity contribution is -0.0650. The second-order valence-electron chi connectivity index (χ2n) is 13.3. The minimum Gasteiger partial charge on any atom is -0.392 e. The Morgan fingerprint density at radius 3 is 2.63 bits per heavy atom. The van der Waals surface area contributed by atoms with E-state index in [1.807, 2.05) is 12.1 Å². The summed E-state index contributed by atoms with van der Waals surface area (Å²) in [5.41, 5.74) is 1.28. The SMILES string of the molecule is CC(c1ccc(C=O)cc1)C1N2C3C=CC14CCC1CC5CC(O)C6(CCCC6)C5NC1C4C32O. The third-order valence-corrected chi connectivity index (χ3v) is 12.2. The number of hydrogen-bond acceptors (Lipinski definition) is 5. The lowest BCUT2D eigenvalue weighted by atomic mass is 9.51. The van der Waals surface area contributed by atoms with E-state index in [0.717, 1.165) is 32.0 Å². The molecular formula is C30H38N2O3. The molecule has 12 unspecified atom stereocenters. The number of aliphatic hydroxyl groups is 2. The number of fused-ring (bicyclic) bond motifs is 3. The van der Waals surface area contributed by atoms with Crippen LogP contribution in [-0.4, -0.2) is 57.4 Å². The summed E-state index contributed by atoms with van der Waals surface area (Å²) in [6.45, 7) is 2.32. The van der Waals surface area contributed by atoms with Crippen molar-refractivity contribution < 1.29 is 15.0 Å². The smallest absolute Gasteiger partial charge is 0.150 e. The van der Waals surface area contributed by atoms with Crippen LogP contribution in [0.4, 0.5) is 0 Å². The first-order chi connectivity index (χ1) is 16.9. The first kappa shape index (κ1) is 21.5. The quantitative estimate of drug-likeness (QED) is 0.355. The first-order valence-corrected chi connectivity index (χ1v) is 14.1. The molecule has 5 heteroatoms. The van der Waals surface area contributed by atoms with E-state index in [2.05, 4.69) is 41.4 Å². The van der Waals surface area contributed by atoms with Gasteiger partial charge in [-0.3, -0.25) is 9.69 Å². The Labute approximate surface area is 208 Å². The van der Waals surface area contributed by atoms with Crippen LogP contribution in [0.3, 0.4) is 0 Å². The standard InChI is InChI=1S/C30H38N2O3/c1-17(19-6-4-18(16-33)5-7-19)27-29-12-8-20-14-21-15-23(34)28(10-2-3-11-28)26(21)31-24(20)25(29)30(35)22(9-13-29)32(27)30/h4-7,9,13,16-17,20-27,31,34-35H,2-3,8,10-12,14-15H2,1H3. The number of hydrogen-bond donors (Lipinski definition) is 3. The highest BCUT2D eigenvalue weighted by atomic mass is 16.3. The summed E-state index contributed by atoms with van der Waals surface area (Å²) in [6, 6.07) is 9.21. The van der Waals surface area contributed by atoms with Crippen molar-refractivity contribution in [1.29, 1.82) is 0 Å². The van der Waals surface area contributed by atoms with Gasteiger partial charge >= 0.3 is 0 Å². The molecule has 9 rings (SSSR count). The number of carbonyl (C=O) groups excluding carboxylic acids is 1. The van der Waals surface area contributed by atoms with E-state index < -0.39 is 5.72 Å². The lowest BCUT2D eigenvalue weighted by Gasteiger charge is -2.58. The monoisotopic (exact) mass is 474 g/mol. The summed E-state index contributed by atoms with van der Waals surface area (Å²) in [5.74, 6) is 1.67. The van der Waals surface area contributed by atoms with Crippen LogP contribution in [0.5, 0.6) is 0 Å². The predicted molar refractivity (Wildman–Crippen MR) is 133 cm³/mol. The van der Waals surface area contributed by atoms with Crippen LogP contribution in [0.25, 0.3) is 0 Å². The fraction of sp³-hybridized carbons (Fsp3) is 0.700. The minimum atomic E-state index is -0.736. The fourth-order valence-electron chi connectivity index (χ4n) is 10.9. The van der Waals surface area contributed by atoms with Crippen molar-refractivity contribution in [3.05, 3.63) is 47.5 Å². The van der Waals surface area contributed by atoms with Gasteiger partial charge in [-0.2, -0.15) is 0 Å². The van der Waals surface area contributed by atoms with Crippen LogP contribution in [0.2, 0.25) is 0 Å². The molecule has 3 saturated heterocycles. The van der Waals surface area contributed by atoms with Gasteiger partial charge in [-0.1, -0.05) is 56.2 Å². The molecule has 5 nitrogen and oxygen atoms in total. The number of aliphatic hydroxyl groups excluding tert-OH is 1. The zero-order chi connectivity index (χ0) is 23.7. The second-order valence-corrected chi connectivity index (χ2v) is 13.3. The zero-order valence-corrected chi connectivity index (χ0v) is 20.6. The molecule has 186 valence electrons. The summed E-state index contributed by atoms with van der Waals surface area (Å²) in [5, 5.41) is 27.6. The van der Waals surface area contributed by atoms with Crippen LogP contribution < -0.4 is 5.32 Å². The number of carbonyl (C=O) groups is 1. The van der Waals surface area contributed by atoms with Gasteiger partial charge in [0.1, 0.15) is 12.0 Å². The molecule has 1 aromatic rings. The van der Waals surface area contributed by atoms with Gasteiger partial charge in [0.15, 0.2) is 0 Å². The van der Waals surface area contributed by atoms with Crippen molar-refractivity contribution in [2.24, 2.45) is 28.6 Å². The third-order valence-electron chi connectivity index (χ3n) is 12.2. The number of piperidine rings is 2. The molecule has 4 bridgehead atoms. The highest BCUT2D eigenvalue weighted by Gasteiger charge is 2.84. The van der Waals surface area contributed by atoms with Crippen LogP contribution in [-0.2, 0) is 0 Å². The molecule has 0 aromatic heterocycles. The van der Waals surface area contributed by atoms with Gasteiger partial charge in [-0.25, -0.2) is 0 Å². The molecule has 0 amide bonds. The average molecular weight is 475 g/mol. The number of nitrogens with zero attached hydrogens (tertiary/aromatic N) is 1. The Morgan fingerprint density at radius 1 is 1.11 bits per heavy atom. The van der Waals surface area contributed by atoms with Crippen molar-refractivity contribution in [2.45, 2.75) is 100 Å². The minimum absolute atomic E-state index is 0.0205. The van der Waals surface area contributed by atoms with E-state index in [1.165, 1.54) is 31.2 Å². The molecule has 3 saturated carbocycles. The maximum Gasteiger partial charge on any atom is 0.150 e. The third kappa shape index (κ3) is 2.43. The van der Waals surface area contributed by atoms with Gasteiger partial charge in [0, 0.05) is 40.4 Å². The zero-order valence-electron chi connectivity index (χ0n) is 20.6. The topological polar surface area (TPSA) is 72.6 Å². The molecule has 4 aliphatic carbocycles. The maximum atomic E-state index is 12.2. The summed E-state index contributed by atoms with van der Waals surface area (Å²) in [6.07, 6.45) is 14.9. The Kier molecular flexibility index (Phi) is 4.22. The maximum absolute atomic E-state index is 12.2. The van der Waals surface area contributed by atoms with Gasteiger partial charge in [0.2, 0.25) is 0 Å². The first-order valence-electron chi connectivity index (χ1n) is 14.1. The molecule has 1 aromatic carbocycles. The summed E-state index contributed by atoms with van der Waals surface area (Å²) in [4.78, 5) is 13.6. The van der Waals surface area contributed by atoms with Gasteiger partial charge in [-0.15, -0.1) is 0 Å². The normalized spacial score (nSPS) is 52.6. The average Bonchev–Trinajstić information content (AvgIpc) is 3.19. The Hall–Kier alpha value is -1.53. The summed E-state index contributed by atoms with van der Waals surface area (Å²) < 4.78 is 0. The molecule has 6 fully saturated rings. The van der Waals surface area contributed by atoms with E-state index in [9.17, 15) is 15.0 Å². The highest BCUT2D eigenvalue weighted by Crippen LogP contribution is 2.74. The molecular weight excluding hydrogens is 436 g/mol. The van der Waals surface area contributed by atoms with E-state index in [0.29, 0.717) is 29.5 Å². The van der Waals surface area contributed by atoms with Crippen LogP contribution in [0.1, 0.15) is 80.1 Å². The number of rotatable bonds is 3. The van der Waals surface area contributed by atoms with Crippen molar-refractivity contribution in [1.82, 2.24) is 10.2 Å². The molecule has 0 radical (unpaired) electrons. The van der Waals surface area contributed by atoms with Crippen molar-refractivity contribution in [3.63, 3.8) is 0 Å². The second kappa shape index (κ2) is 6.86. The van der Waals surface area contributed by atoms with E-state index >= 15 is 0 Å². The Morgan fingerprint density at radius 2 is 1.89 bits per heavy atom. The van der Waals surface area contributed by atoms with Gasteiger partial charge in [-0.05, 0) is 61.8 Å². The summed E-state index contributed by atoms with van der Waals surface area (Å²) in [7, 11) is 0. The predicted octanol–water partition coefficient (Wildman–Crippen LogP) is 3.61. The molecule has 8 aliphatic rings. The Balaban J connectivity index is 1.16. The van der Waals surface area contributed by atoms with E-state index in [4.69, 9.17) is 0 Å². The van der Waals surface area contributed by atoms with Gasteiger partial charge < -0.3 is 15.5 Å². The lowest BCUT2D eigenvalue weighted by Crippen LogP contribution is -2.66. The van der Waals surface area contributed by atoms with Crippen LogP contribution >= 0.6 is 0 Å². The number of aldehydes is 1. The molecule has 3 N–H and O–H groups in total. The van der Waals surface area contributed by atoms with Crippen LogP contribution in [0.15, 0.2) is 36.4 Å². The van der Waals surface area contributed by atoms with E-state index in [1.54, 1.807) is 0 Å². The van der Waals surface area contributed by atoms with Gasteiger partial charge in [0.25, 0.3) is 0 Å². The summed E-state index contributed by atoms with van der Waals surface area (Å²) >= 11 is 0. The molecule has 4 aliphatic heterocycles. The van der Waals surface area contributed by atoms with E-state index in [-0.39, 0.29) is 40.9 Å². The van der Waals surface area contributed by atoms with Crippen molar-refractivity contribution in [3.8, 4) is 0 Å². The Bertz CT molecular complexity index is 1100. The fourth-order valence-corrected chi connectivity index (χ4v) is 10.9. The molecule has 12 atom stereocenters. The highest BCUT2D eigenvalue weighted by molar-refractivity contribution is 5.74. The largest absolute Gasteiger partial charge is 0.392 e. The molecule has 4 heterocycles. The van der Waals surface area contributed by atoms with Crippen molar-refractivity contribution >= 4 is 6.29 Å². The molecule has 35 heavy (non-hydrogen) atoms. The van der Waals surface area contributed by atoms with Crippen molar-refractivity contribution in [2.75, 3.05) is 0 Å². The van der Waals surface area contributed by atoms with Crippen LogP contribution in [0, 0.1) is 28.6 Å². The van der Waals surface area contributed by atoms with Gasteiger partial charge in [0.05, 0.1) is 12.1 Å². The number of nitrogens with one attached hydrogen (secondary N) is 1. The number of benzene rings is 1. The molecule has 2 spiro atoms.